The molecule has 0 saturated heterocycles. The summed E-state index contributed by atoms with van der Waals surface area (Å²) in [5.41, 5.74) is 14.7. The number of nitrogens with zero attached hydrogens (tertiary/aromatic N) is 1. The molecule has 0 radical (unpaired) electrons. The Bertz CT molecular complexity index is 2280. The van der Waals surface area contributed by atoms with Gasteiger partial charge in [-0.05, 0) is 110 Å². The summed E-state index contributed by atoms with van der Waals surface area (Å²) < 4.78 is 29.6. The van der Waals surface area contributed by atoms with Crippen LogP contribution in [0.2, 0.25) is 0 Å². The predicted molar refractivity (Wildman–Crippen MR) is 205 cm³/mol. The number of benzene rings is 3. The van der Waals surface area contributed by atoms with Crippen molar-refractivity contribution in [2.75, 3.05) is 11.9 Å². The Labute approximate surface area is 295 Å². The quantitative estimate of drug-likeness (QED) is 0.160. The molecule has 260 valence electrons. The van der Waals surface area contributed by atoms with Gasteiger partial charge in [-0.3, -0.25) is 14.1 Å². The average Bonchev–Trinajstić information content (AvgIpc) is 3.36. The van der Waals surface area contributed by atoms with Gasteiger partial charge in [0.25, 0.3) is 15.5 Å². The maximum absolute atomic E-state index is 11.4. The third-order valence-electron chi connectivity index (χ3n) is 10.9. The molecule has 0 unspecified atom stereocenters. The monoisotopic (exact) mass is 691 g/mol. The van der Waals surface area contributed by atoms with Crippen LogP contribution in [-0.4, -0.2) is 25.1 Å². The van der Waals surface area contributed by atoms with Crippen molar-refractivity contribution in [3.63, 3.8) is 0 Å². The van der Waals surface area contributed by atoms with Crippen LogP contribution in [0.1, 0.15) is 94.3 Å². The van der Waals surface area contributed by atoms with Gasteiger partial charge in [-0.15, -0.1) is 0 Å². The second-order valence-corrected chi connectivity index (χ2v) is 15.9. The lowest BCUT2D eigenvalue weighted by molar-refractivity contribution is 0.461. The lowest BCUT2D eigenvalue weighted by Gasteiger charge is -2.27. The highest BCUT2D eigenvalue weighted by Gasteiger charge is 2.39. The van der Waals surface area contributed by atoms with E-state index >= 15 is 0 Å². The molecule has 0 fully saturated rings. The van der Waals surface area contributed by atoms with Crippen molar-refractivity contribution >= 4 is 38.6 Å². The Balaban J connectivity index is 0.000000152. The number of hydrogen-bond donors (Lipinski definition) is 2. The zero-order valence-corrected chi connectivity index (χ0v) is 31.2. The van der Waals surface area contributed by atoms with E-state index in [2.05, 4.69) is 67.5 Å². The number of para-hydroxylation sites is 1. The molecule has 4 aromatic carbocycles. The van der Waals surface area contributed by atoms with Gasteiger partial charge in [0, 0.05) is 35.3 Å². The number of fused-ring (bicyclic) bond motifs is 3. The summed E-state index contributed by atoms with van der Waals surface area (Å²) in [6.07, 6.45) is 5.27. The molecule has 2 N–H and O–H groups in total. The minimum Gasteiger partial charge on any atom is -0.504 e. The molecule has 0 saturated carbocycles. The van der Waals surface area contributed by atoms with Crippen molar-refractivity contribution in [2.45, 2.75) is 78.0 Å². The largest absolute Gasteiger partial charge is 0.504 e. The maximum Gasteiger partial charge on any atom is 0.294 e. The second kappa shape index (κ2) is 12.8. The van der Waals surface area contributed by atoms with E-state index in [0.717, 1.165) is 22.4 Å². The minimum atomic E-state index is -4.02. The second-order valence-electron chi connectivity index (χ2n) is 14.4. The van der Waals surface area contributed by atoms with Gasteiger partial charge in [0.1, 0.15) is 0 Å². The van der Waals surface area contributed by atoms with E-state index in [1.165, 1.54) is 56.7 Å². The van der Waals surface area contributed by atoms with Crippen molar-refractivity contribution in [1.29, 1.82) is 0 Å². The fourth-order valence-electron chi connectivity index (χ4n) is 6.91. The van der Waals surface area contributed by atoms with Gasteiger partial charge in [-0.2, -0.15) is 8.42 Å². The lowest BCUT2D eigenvalue weighted by Crippen LogP contribution is -2.32. The number of aromatic hydroxyl groups is 1. The standard InChI is InChI=1S/C20H26.C15H11NO3.C7H8O3S/c1-11-13(3)19(5,6)17-10-18-16(9-15(11)17)12(2)14(4)20(18,7)8;1-16-7-6-9(10-4-2-3-5-12(10)16)8-11-13(17)15(19)14(11)18;1-6-2-4-7(5-3-6)11(8,9)10/h9-10H,1-8H3;2-8,17H,1H3;2-5H,1H3,(H,8,9,10). The average molecular weight is 692 g/mol. The molecule has 4 aromatic rings. The van der Waals surface area contributed by atoms with Gasteiger partial charge in [0.15, 0.2) is 5.75 Å². The summed E-state index contributed by atoms with van der Waals surface area (Å²) in [6, 6.07) is 18.7. The van der Waals surface area contributed by atoms with Gasteiger partial charge < -0.3 is 10.0 Å². The van der Waals surface area contributed by atoms with Crippen LogP contribution in [0.4, 0.5) is 5.69 Å². The molecule has 8 heteroatoms. The Morgan fingerprint density at radius 3 is 1.74 bits per heavy atom. The van der Waals surface area contributed by atoms with E-state index < -0.39 is 26.7 Å². The molecule has 0 bridgehead atoms. The summed E-state index contributed by atoms with van der Waals surface area (Å²) in [5, 5.41) is 9.41. The highest BCUT2D eigenvalue weighted by molar-refractivity contribution is 7.85. The number of allylic oxidation sites excluding steroid dienone is 6. The Morgan fingerprint density at radius 2 is 1.24 bits per heavy atom. The molecule has 0 amide bonds. The zero-order chi connectivity index (χ0) is 37.1. The molecular weight excluding hydrogens is 647 g/mol. The van der Waals surface area contributed by atoms with Crippen LogP contribution in [0.3, 0.4) is 0 Å². The fraction of sp³-hybridized carbons (Fsp3) is 0.286. The zero-order valence-electron chi connectivity index (χ0n) is 30.4. The van der Waals surface area contributed by atoms with Crippen LogP contribution in [0.25, 0.3) is 22.8 Å². The Hall–Kier alpha value is -4.79. The Kier molecular flexibility index (Phi) is 9.36. The smallest absolute Gasteiger partial charge is 0.294 e. The first-order chi connectivity index (χ1) is 23.2. The van der Waals surface area contributed by atoms with E-state index in [4.69, 9.17) is 4.55 Å². The van der Waals surface area contributed by atoms with Crippen molar-refractivity contribution in [3.05, 3.63) is 143 Å². The predicted octanol–water partition coefficient (Wildman–Crippen LogP) is 8.59. The summed E-state index contributed by atoms with van der Waals surface area (Å²) in [5.74, 6) is -0.442. The first kappa shape index (κ1) is 36.5. The van der Waals surface area contributed by atoms with E-state index in [-0.39, 0.29) is 21.3 Å². The van der Waals surface area contributed by atoms with E-state index in [0.29, 0.717) is 0 Å². The number of hydrogen-bond acceptors (Lipinski definition) is 6. The first-order valence-corrected chi connectivity index (χ1v) is 18.0. The SMILES string of the molecule is CC1=C(C)C(C)(C)c2cc3c(cc21)C(C)=C(C)C3(C)C.CN1C=CC(=Cc2c(O)c(=O)c2=O)c2ccccc21.Cc1ccc(S(=O)(=O)O)cc1. The van der Waals surface area contributed by atoms with Crippen molar-refractivity contribution in [1.82, 2.24) is 0 Å². The van der Waals surface area contributed by atoms with Gasteiger partial charge >= 0.3 is 0 Å². The first-order valence-electron chi connectivity index (χ1n) is 16.5. The van der Waals surface area contributed by atoms with Crippen LogP contribution in [0.5, 0.6) is 5.75 Å². The number of anilines is 1. The molecule has 7 nitrogen and oxygen atoms in total. The van der Waals surface area contributed by atoms with Crippen LogP contribution in [0, 0.1) is 6.92 Å². The normalized spacial score (nSPS) is 17.6. The molecule has 0 spiro atoms. The van der Waals surface area contributed by atoms with Gasteiger partial charge in [0.05, 0.1) is 10.5 Å². The molecular formula is C42H45NO6S. The van der Waals surface area contributed by atoms with Crippen LogP contribution >= 0.6 is 0 Å². The maximum atomic E-state index is 11.4. The molecule has 0 atom stereocenters. The topological polar surface area (TPSA) is 112 Å². The van der Waals surface area contributed by atoms with Crippen LogP contribution < -0.4 is 15.8 Å². The molecule has 2 aliphatic carbocycles. The fourth-order valence-corrected chi connectivity index (χ4v) is 7.39. The Morgan fingerprint density at radius 1 is 0.720 bits per heavy atom. The molecule has 7 rings (SSSR count). The van der Waals surface area contributed by atoms with E-state index in [1.807, 2.05) is 55.4 Å². The molecule has 1 aliphatic heterocycles. The molecule has 50 heavy (non-hydrogen) atoms. The molecule has 3 aliphatic rings. The summed E-state index contributed by atoms with van der Waals surface area (Å²) in [7, 11) is -2.09. The number of aryl methyl sites for hydroxylation is 1. The molecule has 1 heterocycles. The van der Waals surface area contributed by atoms with Crippen molar-refractivity contribution < 1.29 is 18.1 Å². The van der Waals surface area contributed by atoms with Crippen molar-refractivity contribution in [3.8, 4) is 5.75 Å². The summed E-state index contributed by atoms with van der Waals surface area (Å²) in [4.78, 5) is 24.3. The van der Waals surface area contributed by atoms with Gasteiger partial charge in [-0.25, -0.2) is 0 Å². The van der Waals surface area contributed by atoms with E-state index in [9.17, 15) is 23.1 Å². The highest BCUT2D eigenvalue weighted by Crippen LogP contribution is 2.52. The third-order valence-corrected chi connectivity index (χ3v) is 11.8. The van der Waals surface area contributed by atoms with Gasteiger partial charge in [0.2, 0.25) is 5.43 Å². The highest BCUT2D eigenvalue weighted by atomic mass is 32.2. The lowest BCUT2D eigenvalue weighted by atomic mass is 9.77. The van der Waals surface area contributed by atoms with Crippen molar-refractivity contribution in [2.24, 2.45) is 0 Å². The minimum absolute atomic E-state index is 0.0666. The molecule has 0 aromatic heterocycles. The third kappa shape index (κ3) is 6.22. The van der Waals surface area contributed by atoms with Crippen LogP contribution in [0.15, 0.2) is 98.6 Å². The van der Waals surface area contributed by atoms with Crippen LogP contribution in [-0.2, 0) is 20.9 Å². The summed E-state index contributed by atoms with van der Waals surface area (Å²) >= 11 is 0. The summed E-state index contributed by atoms with van der Waals surface area (Å²) in [6.45, 7) is 20.4. The van der Waals surface area contributed by atoms with E-state index in [1.54, 1.807) is 18.2 Å². The van der Waals surface area contributed by atoms with Gasteiger partial charge in [-0.1, -0.05) is 80.8 Å². The number of rotatable bonds is 2.